The summed E-state index contributed by atoms with van der Waals surface area (Å²) in [6.45, 7) is 7.63. The van der Waals surface area contributed by atoms with Crippen molar-refractivity contribution < 1.29 is 19.4 Å². The van der Waals surface area contributed by atoms with E-state index in [1.807, 2.05) is 13.8 Å². The minimum absolute atomic E-state index is 0.0556. The van der Waals surface area contributed by atoms with Gasteiger partial charge in [-0.25, -0.2) is 0 Å². The van der Waals surface area contributed by atoms with Crippen molar-refractivity contribution in [1.29, 1.82) is 0 Å². The lowest BCUT2D eigenvalue weighted by Crippen LogP contribution is -2.37. The molecule has 0 aliphatic heterocycles. The Bertz CT molecular complexity index is 199. The number of carbonyl (C=O) groups is 1. The summed E-state index contributed by atoms with van der Waals surface area (Å²) in [6, 6.07) is 0.0556. The predicted molar refractivity (Wildman–Crippen MR) is 66.3 cm³/mol. The fourth-order valence-corrected chi connectivity index (χ4v) is 1.66. The number of ether oxygens (including phenoxy) is 2. The molecular weight excluding hydrogens is 222 g/mol. The van der Waals surface area contributed by atoms with Crippen molar-refractivity contribution in [2.45, 2.75) is 32.7 Å². The Labute approximate surface area is 104 Å². The highest BCUT2D eigenvalue weighted by Gasteiger charge is 2.14. The Hall–Kier alpha value is -0.650. The molecule has 0 bridgehead atoms. The van der Waals surface area contributed by atoms with Gasteiger partial charge in [-0.1, -0.05) is 6.92 Å². The molecule has 0 aromatic heterocycles. The second kappa shape index (κ2) is 10.5. The van der Waals surface area contributed by atoms with E-state index < -0.39 is 5.97 Å². The topological polar surface area (TPSA) is 59.0 Å². The third-order valence-electron chi connectivity index (χ3n) is 2.66. The highest BCUT2D eigenvalue weighted by atomic mass is 16.5. The second-order valence-corrected chi connectivity index (χ2v) is 4.03. The maximum Gasteiger partial charge on any atom is 0.304 e. The van der Waals surface area contributed by atoms with Crippen molar-refractivity contribution in [2.75, 3.05) is 40.0 Å². The van der Waals surface area contributed by atoms with Crippen LogP contribution in [0.25, 0.3) is 0 Å². The molecule has 1 unspecified atom stereocenters. The number of aliphatic carboxylic acids is 1. The highest BCUT2D eigenvalue weighted by molar-refractivity contribution is 5.67. The van der Waals surface area contributed by atoms with E-state index in [0.717, 1.165) is 19.5 Å². The molecule has 0 saturated carbocycles. The molecule has 17 heavy (non-hydrogen) atoms. The molecule has 0 spiro atoms. The van der Waals surface area contributed by atoms with E-state index in [-0.39, 0.29) is 12.5 Å². The van der Waals surface area contributed by atoms with Gasteiger partial charge in [0.05, 0.1) is 13.0 Å². The van der Waals surface area contributed by atoms with Crippen LogP contribution in [0.4, 0.5) is 0 Å². The Balaban J connectivity index is 3.63. The summed E-state index contributed by atoms with van der Waals surface area (Å²) in [7, 11) is 1.67. The van der Waals surface area contributed by atoms with Gasteiger partial charge in [0.15, 0.2) is 0 Å². The number of hydrogen-bond donors (Lipinski definition) is 1. The zero-order chi connectivity index (χ0) is 13.1. The Morgan fingerprint density at radius 3 is 2.59 bits per heavy atom. The molecule has 0 aromatic rings. The van der Waals surface area contributed by atoms with Gasteiger partial charge >= 0.3 is 5.97 Å². The quantitative estimate of drug-likeness (QED) is 0.556. The first-order valence-electron chi connectivity index (χ1n) is 6.14. The van der Waals surface area contributed by atoms with E-state index in [0.29, 0.717) is 19.8 Å². The molecule has 0 amide bonds. The van der Waals surface area contributed by atoms with Crippen LogP contribution in [-0.4, -0.2) is 62.0 Å². The highest BCUT2D eigenvalue weighted by Crippen LogP contribution is 2.03. The molecule has 1 atom stereocenters. The van der Waals surface area contributed by atoms with Gasteiger partial charge < -0.3 is 14.6 Å². The van der Waals surface area contributed by atoms with Gasteiger partial charge in [0.1, 0.15) is 0 Å². The van der Waals surface area contributed by atoms with Crippen molar-refractivity contribution in [3.63, 3.8) is 0 Å². The first kappa shape index (κ1) is 16.4. The summed E-state index contributed by atoms with van der Waals surface area (Å²) in [5, 5.41) is 8.73. The van der Waals surface area contributed by atoms with Gasteiger partial charge in [0.25, 0.3) is 0 Å². The lowest BCUT2D eigenvalue weighted by Gasteiger charge is -2.26. The molecule has 0 saturated heterocycles. The molecule has 0 rings (SSSR count). The first-order valence-corrected chi connectivity index (χ1v) is 6.14. The zero-order valence-electron chi connectivity index (χ0n) is 11.1. The van der Waals surface area contributed by atoms with Gasteiger partial charge in [-0.15, -0.1) is 0 Å². The van der Waals surface area contributed by atoms with Crippen molar-refractivity contribution in [2.24, 2.45) is 0 Å². The van der Waals surface area contributed by atoms with Crippen molar-refractivity contribution >= 4 is 5.97 Å². The molecule has 0 radical (unpaired) electrons. The number of carboxylic acid groups (broad SMARTS) is 1. The summed E-state index contributed by atoms with van der Waals surface area (Å²) >= 11 is 0. The number of likely N-dealkylation sites (N-methyl/N-ethyl adjacent to an activating group) is 1. The molecule has 0 aromatic carbocycles. The molecule has 1 N–H and O–H groups in total. The van der Waals surface area contributed by atoms with Gasteiger partial charge in [0, 0.05) is 32.9 Å². The van der Waals surface area contributed by atoms with E-state index in [1.54, 1.807) is 7.11 Å². The normalized spacial score (nSPS) is 12.9. The van der Waals surface area contributed by atoms with E-state index in [9.17, 15) is 4.79 Å². The Morgan fingerprint density at radius 2 is 2.06 bits per heavy atom. The zero-order valence-corrected chi connectivity index (χ0v) is 11.1. The molecule has 5 nitrogen and oxygen atoms in total. The van der Waals surface area contributed by atoms with E-state index in [4.69, 9.17) is 14.6 Å². The average Bonchev–Trinajstić information content (AvgIpc) is 2.27. The van der Waals surface area contributed by atoms with Crippen LogP contribution in [0, 0.1) is 0 Å². The maximum atomic E-state index is 10.6. The molecule has 102 valence electrons. The summed E-state index contributed by atoms with van der Waals surface area (Å²) < 4.78 is 10.4. The summed E-state index contributed by atoms with van der Waals surface area (Å²) in [5.74, 6) is -0.753. The monoisotopic (exact) mass is 247 g/mol. The third kappa shape index (κ3) is 9.09. The molecule has 5 heteroatoms. The molecule has 0 fully saturated rings. The average molecular weight is 247 g/mol. The number of hydrogen-bond acceptors (Lipinski definition) is 4. The minimum atomic E-state index is -0.753. The van der Waals surface area contributed by atoms with Crippen LogP contribution in [0.5, 0.6) is 0 Å². The lowest BCUT2D eigenvalue weighted by molar-refractivity contribution is -0.138. The molecule has 0 aliphatic carbocycles. The van der Waals surface area contributed by atoms with Gasteiger partial charge in [0.2, 0.25) is 0 Å². The SMILES string of the molecule is CCN(CCOCCCOC)C(C)CC(=O)O. The van der Waals surface area contributed by atoms with Crippen LogP contribution in [0.3, 0.4) is 0 Å². The van der Waals surface area contributed by atoms with Crippen LogP contribution in [0.2, 0.25) is 0 Å². The number of nitrogens with zero attached hydrogens (tertiary/aromatic N) is 1. The smallest absolute Gasteiger partial charge is 0.304 e. The van der Waals surface area contributed by atoms with Crippen LogP contribution >= 0.6 is 0 Å². The molecule has 0 aliphatic rings. The Morgan fingerprint density at radius 1 is 1.35 bits per heavy atom. The van der Waals surface area contributed by atoms with Crippen molar-refractivity contribution in [3.05, 3.63) is 0 Å². The lowest BCUT2D eigenvalue weighted by atomic mass is 10.2. The van der Waals surface area contributed by atoms with E-state index in [2.05, 4.69) is 4.90 Å². The standard InChI is InChI=1S/C12H25NO4/c1-4-13(11(2)10-12(14)15)6-9-17-8-5-7-16-3/h11H,4-10H2,1-3H3,(H,14,15). The molecule has 0 heterocycles. The summed E-state index contributed by atoms with van der Waals surface area (Å²) in [5.41, 5.74) is 0. The van der Waals surface area contributed by atoms with Crippen molar-refractivity contribution in [1.82, 2.24) is 4.90 Å². The summed E-state index contributed by atoms with van der Waals surface area (Å²) in [6.07, 6.45) is 1.07. The number of rotatable bonds is 11. The fraction of sp³-hybridized carbons (Fsp3) is 0.917. The third-order valence-corrected chi connectivity index (χ3v) is 2.66. The Kier molecular flexibility index (Phi) is 10.1. The predicted octanol–water partition coefficient (Wildman–Crippen LogP) is 1.22. The van der Waals surface area contributed by atoms with Gasteiger partial charge in [-0.3, -0.25) is 9.69 Å². The van der Waals surface area contributed by atoms with E-state index in [1.165, 1.54) is 0 Å². The van der Waals surface area contributed by atoms with Gasteiger partial charge in [-0.05, 0) is 19.9 Å². The summed E-state index contributed by atoms with van der Waals surface area (Å²) in [4.78, 5) is 12.7. The van der Waals surface area contributed by atoms with E-state index >= 15 is 0 Å². The van der Waals surface area contributed by atoms with Gasteiger partial charge in [-0.2, -0.15) is 0 Å². The van der Waals surface area contributed by atoms with Crippen LogP contribution in [0.1, 0.15) is 26.7 Å². The number of carboxylic acids is 1. The van der Waals surface area contributed by atoms with Crippen LogP contribution < -0.4 is 0 Å². The first-order chi connectivity index (χ1) is 8.11. The van der Waals surface area contributed by atoms with Crippen molar-refractivity contribution in [3.8, 4) is 0 Å². The van der Waals surface area contributed by atoms with Crippen LogP contribution in [-0.2, 0) is 14.3 Å². The minimum Gasteiger partial charge on any atom is -0.481 e. The largest absolute Gasteiger partial charge is 0.481 e. The number of methoxy groups -OCH3 is 1. The second-order valence-electron chi connectivity index (χ2n) is 4.03. The fourth-order valence-electron chi connectivity index (χ4n) is 1.66. The maximum absolute atomic E-state index is 10.6. The molecular formula is C12H25NO4. The van der Waals surface area contributed by atoms with Crippen LogP contribution in [0.15, 0.2) is 0 Å².